The summed E-state index contributed by atoms with van der Waals surface area (Å²) in [5.74, 6) is 0.554. The lowest BCUT2D eigenvalue weighted by molar-refractivity contribution is 0.867. The number of nitrogens with one attached hydrogen (secondary N) is 1. The minimum absolute atomic E-state index is 0.554. The zero-order valence-electron chi connectivity index (χ0n) is 14.4. The molecule has 1 aromatic carbocycles. The molecule has 2 heterocycles. The van der Waals surface area contributed by atoms with Gasteiger partial charge in [-0.05, 0) is 37.0 Å². The summed E-state index contributed by atoms with van der Waals surface area (Å²) in [4.78, 5) is 4.81. The first-order valence-corrected chi connectivity index (χ1v) is 8.43. The first-order valence-electron chi connectivity index (χ1n) is 8.43. The number of pyridine rings is 1. The van der Waals surface area contributed by atoms with Crippen LogP contribution in [0.2, 0.25) is 0 Å². The molecule has 0 fully saturated rings. The van der Waals surface area contributed by atoms with Gasteiger partial charge in [-0.25, -0.2) is 4.98 Å². The number of nitrogens with zero attached hydrogens (tertiary/aromatic N) is 2. The number of hydrogen-bond acceptors (Lipinski definition) is 2. The molecule has 0 atom stereocenters. The smallest absolute Gasteiger partial charge is 0.137 e. The van der Waals surface area contributed by atoms with Crippen molar-refractivity contribution in [1.29, 1.82) is 0 Å². The van der Waals surface area contributed by atoms with Crippen LogP contribution in [0.4, 0.5) is 5.69 Å². The van der Waals surface area contributed by atoms with E-state index in [1.165, 1.54) is 16.8 Å². The molecule has 0 unspecified atom stereocenters. The van der Waals surface area contributed by atoms with E-state index >= 15 is 0 Å². The summed E-state index contributed by atoms with van der Waals surface area (Å²) in [5.41, 5.74) is 6.92. The van der Waals surface area contributed by atoms with Crippen LogP contribution >= 0.6 is 0 Å². The van der Waals surface area contributed by atoms with Crippen LogP contribution < -0.4 is 5.32 Å². The molecule has 0 spiro atoms. The Balaban J connectivity index is 1.99. The molecule has 3 rings (SSSR count). The molecule has 3 heteroatoms. The van der Waals surface area contributed by atoms with Crippen molar-refractivity contribution >= 4 is 11.3 Å². The molecule has 0 aliphatic heterocycles. The molecular formula is C20H25N3. The molecule has 0 aliphatic rings. The number of hydrogen-bond donors (Lipinski definition) is 1. The lowest BCUT2D eigenvalue weighted by Gasteiger charge is -2.07. The van der Waals surface area contributed by atoms with E-state index in [9.17, 15) is 0 Å². The van der Waals surface area contributed by atoms with Crippen molar-refractivity contribution in [2.45, 2.75) is 40.0 Å². The van der Waals surface area contributed by atoms with Crippen molar-refractivity contribution in [2.24, 2.45) is 0 Å². The van der Waals surface area contributed by atoms with Crippen LogP contribution in [0.1, 0.15) is 44.4 Å². The van der Waals surface area contributed by atoms with Crippen LogP contribution in [0, 0.1) is 6.92 Å². The zero-order chi connectivity index (χ0) is 16.4. The standard InChI is InChI=1S/C20H25N3/c1-5-12-21-18-10-11-19-22-20(15(4)23(19)13-18)17-8-6-16(7-9-17)14(2)3/h6-11,13-14,21H,5,12H2,1-4H3. The zero-order valence-corrected chi connectivity index (χ0v) is 14.4. The van der Waals surface area contributed by atoms with Crippen LogP contribution in [0.25, 0.3) is 16.9 Å². The maximum Gasteiger partial charge on any atom is 0.137 e. The van der Waals surface area contributed by atoms with E-state index in [0.717, 1.165) is 30.0 Å². The van der Waals surface area contributed by atoms with Gasteiger partial charge in [0.25, 0.3) is 0 Å². The summed E-state index contributed by atoms with van der Waals surface area (Å²) in [6.45, 7) is 9.73. The first-order chi connectivity index (χ1) is 11.1. The maximum absolute atomic E-state index is 4.81. The summed E-state index contributed by atoms with van der Waals surface area (Å²) in [5, 5.41) is 3.43. The molecule has 3 aromatic rings. The van der Waals surface area contributed by atoms with Crippen LogP contribution in [-0.2, 0) is 0 Å². The lowest BCUT2D eigenvalue weighted by atomic mass is 10.0. The Hall–Kier alpha value is -2.29. The van der Waals surface area contributed by atoms with Gasteiger partial charge in [0.2, 0.25) is 0 Å². The molecule has 0 saturated heterocycles. The monoisotopic (exact) mass is 307 g/mol. The number of aromatic nitrogens is 2. The predicted molar refractivity (Wildman–Crippen MR) is 98.2 cm³/mol. The molecule has 0 radical (unpaired) electrons. The summed E-state index contributed by atoms with van der Waals surface area (Å²) < 4.78 is 2.17. The van der Waals surface area contributed by atoms with E-state index in [1.807, 2.05) is 0 Å². The molecule has 3 nitrogen and oxygen atoms in total. The predicted octanol–water partition coefficient (Wildman–Crippen LogP) is 5.26. The summed E-state index contributed by atoms with van der Waals surface area (Å²) in [6.07, 6.45) is 3.26. The van der Waals surface area contributed by atoms with Crippen molar-refractivity contribution < 1.29 is 0 Å². The summed E-state index contributed by atoms with van der Waals surface area (Å²) >= 11 is 0. The average Bonchev–Trinajstić information content (AvgIpc) is 2.89. The molecule has 1 N–H and O–H groups in total. The summed E-state index contributed by atoms with van der Waals surface area (Å²) in [6, 6.07) is 13.0. The van der Waals surface area contributed by atoms with E-state index in [0.29, 0.717) is 5.92 Å². The number of aryl methyl sites for hydroxylation is 1. The van der Waals surface area contributed by atoms with Crippen molar-refractivity contribution in [2.75, 3.05) is 11.9 Å². The minimum Gasteiger partial charge on any atom is -0.384 e. The second kappa shape index (κ2) is 6.45. The highest BCUT2D eigenvalue weighted by Gasteiger charge is 2.11. The normalized spacial score (nSPS) is 11.3. The molecule has 0 amide bonds. The number of rotatable bonds is 5. The highest BCUT2D eigenvalue weighted by atomic mass is 15.0. The molecule has 2 aromatic heterocycles. The first kappa shape index (κ1) is 15.6. The van der Waals surface area contributed by atoms with Crippen molar-refractivity contribution in [1.82, 2.24) is 9.38 Å². The number of fused-ring (bicyclic) bond motifs is 1. The third-order valence-corrected chi connectivity index (χ3v) is 4.29. The van der Waals surface area contributed by atoms with Gasteiger partial charge in [0.1, 0.15) is 5.65 Å². The molecular weight excluding hydrogens is 282 g/mol. The van der Waals surface area contributed by atoms with Crippen LogP contribution in [0.15, 0.2) is 42.6 Å². The Labute approximate surface area is 138 Å². The van der Waals surface area contributed by atoms with E-state index in [1.54, 1.807) is 0 Å². The van der Waals surface area contributed by atoms with Gasteiger partial charge in [0.15, 0.2) is 0 Å². The van der Waals surface area contributed by atoms with Gasteiger partial charge in [0, 0.05) is 24.0 Å². The van der Waals surface area contributed by atoms with Gasteiger partial charge in [0.05, 0.1) is 11.4 Å². The topological polar surface area (TPSA) is 29.3 Å². The second-order valence-corrected chi connectivity index (χ2v) is 6.40. The minimum atomic E-state index is 0.554. The van der Waals surface area contributed by atoms with Gasteiger partial charge < -0.3 is 9.72 Å². The van der Waals surface area contributed by atoms with Gasteiger partial charge in [-0.15, -0.1) is 0 Å². The van der Waals surface area contributed by atoms with Gasteiger partial charge in [-0.2, -0.15) is 0 Å². The molecule has 120 valence electrons. The lowest BCUT2D eigenvalue weighted by Crippen LogP contribution is -2.01. The largest absolute Gasteiger partial charge is 0.384 e. The van der Waals surface area contributed by atoms with E-state index < -0.39 is 0 Å². The highest BCUT2D eigenvalue weighted by Crippen LogP contribution is 2.26. The van der Waals surface area contributed by atoms with Gasteiger partial charge in [-0.3, -0.25) is 0 Å². The number of benzene rings is 1. The number of anilines is 1. The average molecular weight is 307 g/mol. The third-order valence-electron chi connectivity index (χ3n) is 4.29. The Bertz CT molecular complexity index is 798. The fraction of sp³-hybridized carbons (Fsp3) is 0.350. The Morgan fingerprint density at radius 2 is 1.83 bits per heavy atom. The van der Waals surface area contributed by atoms with E-state index in [2.05, 4.69) is 80.0 Å². The molecule has 0 saturated carbocycles. The second-order valence-electron chi connectivity index (χ2n) is 6.40. The van der Waals surface area contributed by atoms with E-state index in [4.69, 9.17) is 4.98 Å². The Morgan fingerprint density at radius 3 is 2.48 bits per heavy atom. The van der Waals surface area contributed by atoms with Gasteiger partial charge in [-0.1, -0.05) is 45.0 Å². The molecule has 0 bridgehead atoms. The molecule has 23 heavy (non-hydrogen) atoms. The van der Waals surface area contributed by atoms with Crippen molar-refractivity contribution in [3.8, 4) is 11.3 Å². The quantitative estimate of drug-likeness (QED) is 0.697. The van der Waals surface area contributed by atoms with Crippen LogP contribution in [-0.4, -0.2) is 15.9 Å². The number of imidazole rings is 1. The van der Waals surface area contributed by atoms with Crippen LogP contribution in [0.3, 0.4) is 0 Å². The third kappa shape index (κ3) is 3.09. The van der Waals surface area contributed by atoms with Gasteiger partial charge >= 0.3 is 0 Å². The highest BCUT2D eigenvalue weighted by molar-refractivity contribution is 5.67. The van der Waals surface area contributed by atoms with Crippen LogP contribution in [0.5, 0.6) is 0 Å². The Morgan fingerprint density at radius 1 is 1.09 bits per heavy atom. The Kier molecular flexibility index (Phi) is 4.37. The fourth-order valence-corrected chi connectivity index (χ4v) is 2.84. The van der Waals surface area contributed by atoms with Crippen molar-refractivity contribution in [3.05, 3.63) is 53.9 Å². The maximum atomic E-state index is 4.81. The van der Waals surface area contributed by atoms with E-state index in [-0.39, 0.29) is 0 Å². The molecule has 0 aliphatic carbocycles. The summed E-state index contributed by atoms with van der Waals surface area (Å²) in [7, 11) is 0. The van der Waals surface area contributed by atoms with Crippen molar-refractivity contribution in [3.63, 3.8) is 0 Å². The fourth-order valence-electron chi connectivity index (χ4n) is 2.84. The SMILES string of the molecule is CCCNc1ccc2nc(-c3ccc(C(C)C)cc3)c(C)n2c1.